The van der Waals surface area contributed by atoms with Crippen molar-refractivity contribution in [2.75, 3.05) is 22.9 Å². The molecule has 1 amide bonds. The lowest BCUT2D eigenvalue weighted by molar-refractivity contribution is -0.122. The Morgan fingerprint density at radius 2 is 1.79 bits per heavy atom. The van der Waals surface area contributed by atoms with E-state index < -0.39 is 16.1 Å². The Labute approximate surface area is 172 Å². The molecule has 0 fully saturated rings. The quantitative estimate of drug-likeness (QED) is 0.496. The topological polar surface area (TPSA) is 66.5 Å². The average molecular weight is 421 g/mol. The standard InChI is InChI=1S/C21H28N2O3S2/c1-5-20(21(24)22-13-14-27-19-9-7-6-8-10-19)23(28(4,25)26)18-12-11-16(2)17(3)15-18/h6-12,15,20H,5,13-14H2,1-4H3,(H,22,24). The van der Waals surface area contributed by atoms with E-state index >= 15 is 0 Å². The summed E-state index contributed by atoms with van der Waals surface area (Å²) in [6, 6.07) is 14.6. The summed E-state index contributed by atoms with van der Waals surface area (Å²) in [4.78, 5) is 13.9. The number of anilines is 1. The van der Waals surface area contributed by atoms with Gasteiger partial charge in [0.05, 0.1) is 11.9 Å². The van der Waals surface area contributed by atoms with Crippen molar-refractivity contribution in [3.05, 3.63) is 59.7 Å². The summed E-state index contributed by atoms with van der Waals surface area (Å²) in [5, 5.41) is 2.89. The van der Waals surface area contributed by atoms with Gasteiger partial charge in [-0.25, -0.2) is 8.42 Å². The highest BCUT2D eigenvalue weighted by Crippen LogP contribution is 2.25. The summed E-state index contributed by atoms with van der Waals surface area (Å²) in [6.07, 6.45) is 1.53. The SMILES string of the molecule is CCC(C(=O)NCCSc1ccccc1)N(c1ccc(C)c(C)c1)S(C)(=O)=O. The van der Waals surface area contributed by atoms with Crippen molar-refractivity contribution >= 4 is 33.4 Å². The van der Waals surface area contributed by atoms with Crippen LogP contribution < -0.4 is 9.62 Å². The van der Waals surface area contributed by atoms with Gasteiger partial charge in [0.25, 0.3) is 0 Å². The Morgan fingerprint density at radius 1 is 1.11 bits per heavy atom. The fourth-order valence-electron chi connectivity index (χ4n) is 2.90. The van der Waals surface area contributed by atoms with Crippen LogP contribution >= 0.6 is 11.8 Å². The summed E-state index contributed by atoms with van der Waals surface area (Å²) in [5.41, 5.74) is 2.58. The van der Waals surface area contributed by atoms with E-state index in [1.54, 1.807) is 17.8 Å². The molecule has 1 atom stereocenters. The number of nitrogens with zero attached hydrogens (tertiary/aromatic N) is 1. The van der Waals surface area contributed by atoms with Crippen LogP contribution in [0.15, 0.2) is 53.4 Å². The predicted octanol–water partition coefficient (Wildman–Crippen LogP) is 3.76. The molecule has 7 heteroatoms. The first kappa shape index (κ1) is 22.3. The summed E-state index contributed by atoms with van der Waals surface area (Å²) < 4.78 is 26.2. The summed E-state index contributed by atoms with van der Waals surface area (Å²) in [7, 11) is -3.61. The second-order valence-electron chi connectivity index (χ2n) is 6.70. The molecule has 0 aliphatic rings. The molecule has 2 rings (SSSR count). The van der Waals surface area contributed by atoms with Crippen molar-refractivity contribution in [3.63, 3.8) is 0 Å². The first-order chi connectivity index (χ1) is 13.2. The smallest absolute Gasteiger partial charge is 0.243 e. The molecule has 0 spiro atoms. The number of sulfonamides is 1. The number of hydrogen-bond donors (Lipinski definition) is 1. The summed E-state index contributed by atoms with van der Waals surface area (Å²) in [5.74, 6) is 0.439. The van der Waals surface area contributed by atoms with Crippen molar-refractivity contribution in [1.82, 2.24) is 5.32 Å². The van der Waals surface area contributed by atoms with Gasteiger partial charge < -0.3 is 5.32 Å². The van der Waals surface area contributed by atoms with E-state index in [2.05, 4.69) is 5.32 Å². The van der Waals surface area contributed by atoms with Gasteiger partial charge in [-0.2, -0.15) is 0 Å². The minimum absolute atomic E-state index is 0.278. The van der Waals surface area contributed by atoms with E-state index in [1.165, 1.54) is 4.31 Å². The maximum atomic E-state index is 12.8. The third-order valence-corrected chi connectivity index (χ3v) is 6.68. The van der Waals surface area contributed by atoms with E-state index in [4.69, 9.17) is 0 Å². The number of hydrogen-bond acceptors (Lipinski definition) is 4. The zero-order valence-electron chi connectivity index (χ0n) is 16.8. The Bertz CT molecular complexity index is 899. The Kier molecular flexibility index (Phi) is 7.95. The largest absolute Gasteiger partial charge is 0.353 e. The number of thioether (sulfide) groups is 1. The van der Waals surface area contributed by atoms with Crippen molar-refractivity contribution in [1.29, 1.82) is 0 Å². The number of nitrogens with one attached hydrogen (secondary N) is 1. The van der Waals surface area contributed by atoms with E-state index in [0.29, 0.717) is 24.4 Å². The Balaban J connectivity index is 2.09. The fraction of sp³-hybridized carbons (Fsp3) is 0.381. The van der Waals surface area contributed by atoms with Crippen LogP contribution in [0, 0.1) is 13.8 Å². The van der Waals surface area contributed by atoms with Crippen LogP contribution in [0.2, 0.25) is 0 Å². The molecule has 0 aliphatic heterocycles. The second kappa shape index (κ2) is 9.98. The molecular weight excluding hydrogens is 392 g/mol. The number of amides is 1. The van der Waals surface area contributed by atoms with Crippen LogP contribution in [0.25, 0.3) is 0 Å². The second-order valence-corrected chi connectivity index (χ2v) is 9.73. The van der Waals surface area contributed by atoms with Crippen molar-refractivity contribution < 1.29 is 13.2 Å². The van der Waals surface area contributed by atoms with Crippen molar-refractivity contribution in [2.45, 2.75) is 38.1 Å². The number of aryl methyl sites for hydroxylation is 2. The minimum Gasteiger partial charge on any atom is -0.353 e. The molecular formula is C21H28N2O3S2. The molecule has 152 valence electrons. The molecule has 0 bridgehead atoms. The Hall–Kier alpha value is -1.99. The molecule has 0 radical (unpaired) electrons. The fourth-order valence-corrected chi connectivity index (χ4v) is 4.89. The molecule has 0 saturated heterocycles. The maximum Gasteiger partial charge on any atom is 0.243 e. The normalized spacial score (nSPS) is 12.4. The maximum absolute atomic E-state index is 12.8. The van der Waals surface area contributed by atoms with Gasteiger partial charge in [-0.15, -0.1) is 11.8 Å². The molecule has 1 unspecified atom stereocenters. The van der Waals surface area contributed by atoms with Crippen LogP contribution in [0.5, 0.6) is 0 Å². The van der Waals surface area contributed by atoms with E-state index in [0.717, 1.165) is 22.3 Å². The van der Waals surface area contributed by atoms with Crippen molar-refractivity contribution in [2.24, 2.45) is 0 Å². The van der Waals surface area contributed by atoms with Gasteiger partial charge in [-0.1, -0.05) is 31.2 Å². The highest BCUT2D eigenvalue weighted by atomic mass is 32.2. The van der Waals surface area contributed by atoms with Crippen LogP contribution in [-0.2, 0) is 14.8 Å². The lowest BCUT2D eigenvalue weighted by atomic mass is 10.1. The van der Waals surface area contributed by atoms with Crippen LogP contribution in [0.1, 0.15) is 24.5 Å². The van der Waals surface area contributed by atoms with Crippen LogP contribution in [-0.4, -0.2) is 38.9 Å². The van der Waals surface area contributed by atoms with Crippen LogP contribution in [0.3, 0.4) is 0 Å². The van der Waals surface area contributed by atoms with Gasteiger partial charge in [0.15, 0.2) is 0 Å². The van der Waals surface area contributed by atoms with Crippen LogP contribution in [0.4, 0.5) is 5.69 Å². The zero-order valence-corrected chi connectivity index (χ0v) is 18.4. The van der Waals surface area contributed by atoms with Gasteiger partial charge in [-0.05, 0) is 55.7 Å². The number of rotatable bonds is 9. The molecule has 1 N–H and O–H groups in total. The molecule has 28 heavy (non-hydrogen) atoms. The number of carbonyl (C=O) groups excluding carboxylic acids is 1. The predicted molar refractivity (Wildman–Crippen MR) is 117 cm³/mol. The summed E-state index contributed by atoms with van der Waals surface area (Å²) >= 11 is 1.65. The van der Waals surface area contributed by atoms with E-state index in [9.17, 15) is 13.2 Å². The third-order valence-electron chi connectivity index (χ3n) is 4.49. The Morgan fingerprint density at radius 3 is 2.36 bits per heavy atom. The zero-order chi connectivity index (χ0) is 20.7. The van der Waals surface area contributed by atoms with Gasteiger partial charge in [0.1, 0.15) is 6.04 Å². The van der Waals surface area contributed by atoms with Crippen molar-refractivity contribution in [3.8, 4) is 0 Å². The third kappa shape index (κ3) is 6.01. The first-order valence-electron chi connectivity index (χ1n) is 9.26. The highest BCUT2D eigenvalue weighted by molar-refractivity contribution is 7.99. The minimum atomic E-state index is -3.61. The molecule has 2 aromatic rings. The van der Waals surface area contributed by atoms with Gasteiger partial charge in [0.2, 0.25) is 15.9 Å². The van der Waals surface area contributed by atoms with E-state index in [1.807, 2.05) is 63.2 Å². The molecule has 2 aromatic carbocycles. The van der Waals surface area contributed by atoms with Gasteiger partial charge in [-0.3, -0.25) is 9.10 Å². The lowest BCUT2D eigenvalue weighted by Gasteiger charge is -2.30. The van der Waals surface area contributed by atoms with Gasteiger partial charge >= 0.3 is 0 Å². The van der Waals surface area contributed by atoms with E-state index in [-0.39, 0.29) is 5.91 Å². The van der Waals surface area contributed by atoms with Gasteiger partial charge in [0, 0.05) is 17.2 Å². The monoisotopic (exact) mass is 420 g/mol. The molecule has 0 heterocycles. The molecule has 0 aliphatic carbocycles. The molecule has 5 nitrogen and oxygen atoms in total. The number of benzene rings is 2. The summed E-state index contributed by atoms with van der Waals surface area (Å²) in [6.45, 7) is 6.20. The number of carbonyl (C=O) groups is 1. The molecule has 0 saturated carbocycles. The molecule has 0 aromatic heterocycles. The average Bonchev–Trinajstić information content (AvgIpc) is 2.65. The highest BCUT2D eigenvalue weighted by Gasteiger charge is 2.31. The first-order valence-corrected chi connectivity index (χ1v) is 12.1. The lowest BCUT2D eigenvalue weighted by Crippen LogP contribution is -2.49.